The molecule has 1 saturated heterocycles. The van der Waals surface area contributed by atoms with Gasteiger partial charge in [0.25, 0.3) is 0 Å². The highest BCUT2D eigenvalue weighted by Gasteiger charge is 2.37. The first-order chi connectivity index (χ1) is 10.1. The highest BCUT2D eigenvalue weighted by molar-refractivity contribution is 5.16. The van der Waals surface area contributed by atoms with Crippen molar-refractivity contribution in [3.63, 3.8) is 0 Å². The first-order valence-corrected chi connectivity index (χ1v) is 8.33. The highest BCUT2D eigenvalue weighted by Crippen LogP contribution is 2.35. The van der Waals surface area contributed by atoms with Gasteiger partial charge in [0.2, 0.25) is 0 Å². The van der Waals surface area contributed by atoms with Crippen LogP contribution in [0.15, 0.2) is 24.3 Å². The minimum atomic E-state index is -0.123. The number of nitrogens with zero attached hydrogens (tertiary/aromatic N) is 1. The van der Waals surface area contributed by atoms with E-state index in [1.54, 1.807) is 6.07 Å². The first kappa shape index (κ1) is 15.0. The first-order valence-electron chi connectivity index (χ1n) is 8.33. The van der Waals surface area contributed by atoms with E-state index < -0.39 is 0 Å². The van der Waals surface area contributed by atoms with Gasteiger partial charge in [-0.3, -0.25) is 4.90 Å². The van der Waals surface area contributed by atoms with Crippen LogP contribution in [0.4, 0.5) is 4.39 Å². The SMILES string of the molecule is CC(C)CC1CNC(C2CC2)CN1Cc1cccc(F)c1. The van der Waals surface area contributed by atoms with Crippen molar-refractivity contribution in [3.8, 4) is 0 Å². The quantitative estimate of drug-likeness (QED) is 0.894. The summed E-state index contributed by atoms with van der Waals surface area (Å²) in [5, 5.41) is 3.75. The molecule has 116 valence electrons. The molecule has 21 heavy (non-hydrogen) atoms. The fraction of sp³-hybridized carbons (Fsp3) is 0.667. The van der Waals surface area contributed by atoms with Crippen LogP contribution in [-0.2, 0) is 6.54 Å². The van der Waals surface area contributed by atoms with E-state index >= 15 is 0 Å². The number of hydrogen-bond acceptors (Lipinski definition) is 2. The molecule has 1 heterocycles. The summed E-state index contributed by atoms with van der Waals surface area (Å²) in [6, 6.07) is 8.29. The van der Waals surface area contributed by atoms with Gasteiger partial charge in [-0.1, -0.05) is 26.0 Å². The van der Waals surface area contributed by atoms with E-state index in [1.807, 2.05) is 12.1 Å². The molecule has 2 nitrogen and oxygen atoms in total. The van der Waals surface area contributed by atoms with Gasteiger partial charge < -0.3 is 5.32 Å². The molecule has 3 heteroatoms. The molecule has 2 unspecified atom stereocenters. The normalized spacial score (nSPS) is 27.2. The maximum atomic E-state index is 13.4. The predicted molar refractivity (Wildman–Crippen MR) is 84.6 cm³/mol. The van der Waals surface area contributed by atoms with Crippen molar-refractivity contribution in [1.29, 1.82) is 0 Å². The zero-order valence-electron chi connectivity index (χ0n) is 13.2. The van der Waals surface area contributed by atoms with Crippen molar-refractivity contribution in [2.45, 2.75) is 51.7 Å². The van der Waals surface area contributed by atoms with Gasteiger partial charge in [0.05, 0.1) is 0 Å². The van der Waals surface area contributed by atoms with Gasteiger partial charge in [0.1, 0.15) is 5.82 Å². The summed E-state index contributed by atoms with van der Waals surface area (Å²) in [4.78, 5) is 2.58. The van der Waals surface area contributed by atoms with Crippen LogP contribution in [0.3, 0.4) is 0 Å². The zero-order valence-corrected chi connectivity index (χ0v) is 13.2. The Morgan fingerprint density at radius 3 is 2.81 bits per heavy atom. The summed E-state index contributed by atoms with van der Waals surface area (Å²) in [6.45, 7) is 7.63. The molecule has 0 aromatic heterocycles. The summed E-state index contributed by atoms with van der Waals surface area (Å²) in [6.07, 6.45) is 3.96. The number of nitrogens with one attached hydrogen (secondary N) is 1. The number of halogens is 1. The third-order valence-electron chi connectivity index (χ3n) is 4.77. The van der Waals surface area contributed by atoms with Crippen LogP contribution in [-0.4, -0.2) is 30.1 Å². The maximum absolute atomic E-state index is 13.4. The number of benzene rings is 1. The molecule has 0 spiro atoms. The lowest BCUT2D eigenvalue weighted by Crippen LogP contribution is -2.57. The number of hydrogen-bond donors (Lipinski definition) is 1. The van der Waals surface area contributed by atoms with Gasteiger partial charge in [-0.25, -0.2) is 4.39 Å². The van der Waals surface area contributed by atoms with Gasteiger partial charge in [0.15, 0.2) is 0 Å². The van der Waals surface area contributed by atoms with Crippen molar-refractivity contribution in [3.05, 3.63) is 35.6 Å². The molecule has 1 aliphatic heterocycles. The lowest BCUT2D eigenvalue weighted by Gasteiger charge is -2.41. The minimum absolute atomic E-state index is 0.123. The van der Waals surface area contributed by atoms with Crippen LogP contribution in [0.25, 0.3) is 0 Å². The second-order valence-corrected chi connectivity index (χ2v) is 7.19. The zero-order chi connectivity index (χ0) is 14.8. The van der Waals surface area contributed by atoms with E-state index in [0.717, 1.165) is 31.1 Å². The molecule has 1 aliphatic carbocycles. The molecular weight excluding hydrogens is 263 g/mol. The monoisotopic (exact) mass is 290 g/mol. The molecule has 2 aliphatic rings. The molecule has 1 aromatic rings. The summed E-state index contributed by atoms with van der Waals surface area (Å²) in [5.74, 6) is 1.45. The van der Waals surface area contributed by atoms with Crippen LogP contribution in [0.2, 0.25) is 0 Å². The van der Waals surface area contributed by atoms with Crippen LogP contribution in [0, 0.1) is 17.7 Å². The second kappa shape index (κ2) is 6.45. The molecule has 0 bridgehead atoms. The lowest BCUT2D eigenvalue weighted by molar-refractivity contribution is 0.0998. The van der Waals surface area contributed by atoms with E-state index in [1.165, 1.54) is 25.3 Å². The van der Waals surface area contributed by atoms with Crippen molar-refractivity contribution in [1.82, 2.24) is 10.2 Å². The molecule has 0 amide bonds. The van der Waals surface area contributed by atoms with Crippen LogP contribution < -0.4 is 5.32 Å². The van der Waals surface area contributed by atoms with E-state index in [2.05, 4.69) is 24.1 Å². The Morgan fingerprint density at radius 1 is 1.33 bits per heavy atom. The van der Waals surface area contributed by atoms with Crippen molar-refractivity contribution < 1.29 is 4.39 Å². The number of rotatable bonds is 5. The molecular formula is C18H27FN2. The standard InChI is InChI=1S/C18H27FN2/c1-13(2)8-17-10-20-18(15-6-7-15)12-21(17)11-14-4-3-5-16(19)9-14/h3-5,9,13,15,17-18,20H,6-8,10-12H2,1-2H3. The molecule has 2 atom stereocenters. The third-order valence-corrected chi connectivity index (χ3v) is 4.77. The van der Waals surface area contributed by atoms with Gasteiger partial charge in [-0.05, 0) is 48.8 Å². The van der Waals surface area contributed by atoms with E-state index in [4.69, 9.17) is 0 Å². The average molecular weight is 290 g/mol. The van der Waals surface area contributed by atoms with E-state index in [9.17, 15) is 4.39 Å². The Bertz CT molecular complexity index is 470. The lowest BCUT2D eigenvalue weighted by atomic mass is 9.97. The van der Waals surface area contributed by atoms with Crippen molar-refractivity contribution >= 4 is 0 Å². The van der Waals surface area contributed by atoms with Gasteiger partial charge in [0, 0.05) is 31.7 Å². The summed E-state index contributed by atoms with van der Waals surface area (Å²) >= 11 is 0. The van der Waals surface area contributed by atoms with Crippen molar-refractivity contribution in [2.75, 3.05) is 13.1 Å². The summed E-state index contributed by atoms with van der Waals surface area (Å²) < 4.78 is 13.4. The predicted octanol–water partition coefficient (Wildman–Crippen LogP) is 3.42. The Labute approximate surface area is 127 Å². The Morgan fingerprint density at radius 2 is 2.14 bits per heavy atom. The van der Waals surface area contributed by atoms with Crippen molar-refractivity contribution in [2.24, 2.45) is 11.8 Å². The Hall–Kier alpha value is -0.930. The van der Waals surface area contributed by atoms with Crippen LogP contribution in [0.5, 0.6) is 0 Å². The molecule has 1 aromatic carbocycles. The highest BCUT2D eigenvalue weighted by atomic mass is 19.1. The summed E-state index contributed by atoms with van der Waals surface area (Å²) in [7, 11) is 0. The van der Waals surface area contributed by atoms with Crippen LogP contribution in [0.1, 0.15) is 38.7 Å². The molecule has 1 N–H and O–H groups in total. The molecule has 0 radical (unpaired) electrons. The molecule has 1 saturated carbocycles. The van der Waals surface area contributed by atoms with Gasteiger partial charge in [-0.15, -0.1) is 0 Å². The fourth-order valence-corrected chi connectivity index (χ4v) is 3.54. The number of piperazine rings is 1. The fourth-order valence-electron chi connectivity index (χ4n) is 3.54. The Kier molecular flexibility index (Phi) is 4.60. The smallest absolute Gasteiger partial charge is 0.123 e. The summed E-state index contributed by atoms with van der Waals surface area (Å²) in [5.41, 5.74) is 1.10. The second-order valence-electron chi connectivity index (χ2n) is 7.19. The topological polar surface area (TPSA) is 15.3 Å². The van der Waals surface area contributed by atoms with Gasteiger partial charge in [-0.2, -0.15) is 0 Å². The Balaban J connectivity index is 1.69. The average Bonchev–Trinajstić information content (AvgIpc) is 3.24. The van der Waals surface area contributed by atoms with E-state index in [0.29, 0.717) is 18.0 Å². The molecule has 2 fully saturated rings. The third kappa shape index (κ3) is 4.04. The molecule has 3 rings (SSSR count). The van der Waals surface area contributed by atoms with Crippen LogP contribution >= 0.6 is 0 Å². The van der Waals surface area contributed by atoms with E-state index in [-0.39, 0.29) is 5.82 Å². The van der Waals surface area contributed by atoms with Gasteiger partial charge >= 0.3 is 0 Å². The minimum Gasteiger partial charge on any atom is -0.311 e. The maximum Gasteiger partial charge on any atom is 0.123 e. The largest absolute Gasteiger partial charge is 0.311 e.